The molecule has 0 bridgehead atoms. The first kappa shape index (κ1) is 15.2. The van der Waals surface area contributed by atoms with Crippen molar-refractivity contribution in [2.45, 2.75) is 39.5 Å². The second-order valence-corrected chi connectivity index (χ2v) is 4.93. The van der Waals surface area contributed by atoms with Crippen molar-refractivity contribution < 1.29 is 4.79 Å². The summed E-state index contributed by atoms with van der Waals surface area (Å²) in [7, 11) is 1.82. The minimum atomic E-state index is -0.0638. The summed E-state index contributed by atoms with van der Waals surface area (Å²) >= 11 is 6.23. The molecule has 0 aliphatic rings. The van der Waals surface area contributed by atoms with E-state index >= 15 is 0 Å². The summed E-state index contributed by atoms with van der Waals surface area (Å²) in [6.07, 6.45) is 2.90. The zero-order valence-corrected chi connectivity index (χ0v) is 12.1. The first-order valence-corrected chi connectivity index (χ1v) is 6.85. The molecular formula is C13H22ClN3O. The highest BCUT2D eigenvalue weighted by molar-refractivity contribution is 6.32. The van der Waals surface area contributed by atoms with Crippen molar-refractivity contribution in [2.24, 2.45) is 18.7 Å². The van der Waals surface area contributed by atoms with Crippen LogP contribution in [0.2, 0.25) is 5.02 Å². The number of hydrogen-bond acceptors (Lipinski definition) is 3. The van der Waals surface area contributed by atoms with Crippen LogP contribution in [0, 0.1) is 5.92 Å². The van der Waals surface area contributed by atoms with Crippen LogP contribution < -0.4 is 5.73 Å². The normalized spacial score (nSPS) is 12.7. The Balaban J connectivity index is 2.84. The lowest BCUT2D eigenvalue weighted by Gasteiger charge is -2.12. The molecule has 0 saturated heterocycles. The number of aromatic nitrogens is 2. The van der Waals surface area contributed by atoms with E-state index in [2.05, 4.69) is 12.0 Å². The molecule has 1 unspecified atom stereocenters. The van der Waals surface area contributed by atoms with Gasteiger partial charge in [-0.3, -0.25) is 9.48 Å². The van der Waals surface area contributed by atoms with Gasteiger partial charge in [-0.05, 0) is 12.8 Å². The Bertz CT molecular complexity index is 415. The summed E-state index contributed by atoms with van der Waals surface area (Å²) in [4.78, 5) is 12.2. The lowest BCUT2D eigenvalue weighted by molar-refractivity contribution is -0.122. The van der Waals surface area contributed by atoms with Gasteiger partial charge < -0.3 is 5.73 Å². The Morgan fingerprint density at radius 2 is 2.17 bits per heavy atom. The third kappa shape index (κ3) is 3.33. The minimum Gasteiger partial charge on any atom is -0.330 e. The van der Waals surface area contributed by atoms with Crippen LogP contribution in [0.5, 0.6) is 0 Å². The minimum absolute atomic E-state index is 0.0638. The number of ketones is 1. The van der Waals surface area contributed by atoms with Gasteiger partial charge in [-0.15, -0.1) is 0 Å². The van der Waals surface area contributed by atoms with Crippen molar-refractivity contribution in [3.63, 3.8) is 0 Å². The number of carbonyl (C=O) groups is 1. The van der Waals surface area contributed by atoms with E-state index in [1.165, 1.54) is 0 Å². The van der Waals surface area contributed by atoms with Gasteiger partial charge >= 0.3 is 0 Å². The van der Waals surface area contributed by atoms with Gasteiger partial charge in [-0.1, -0.05) is 31.9 Å². The summed E-state index contributed by atoms with van der Waals surface area (Å²) in [5.74, 6) is 0.0953. The van der Waals surface area contributed by atoms with E-state index in [0.29, 0.717) is 18.0 Å². The number of aryl methyl sites for hydroxylation is 2. The van der Waals surface area contributed by atoms with Crippen LogP contribution in [-0.2, 0) is 24.7 Å². The van der Waals surface area contributed by atoms with Crippen LogP contribution >= 0.6 is 11.6 Å². The largest absolute Gasteiger partial charge is 0.330 e. The van der Waals surface area contributed by atoms with Crippen LogP contribution in [0.15, 0.2) is 0 Å². The SMILES string of the molecule is CCCC(CN)C(=O)Cc1c(Cl)c(CC)nn1C. The van der Waals surface area contributed by atoms with E-state index < -0.39 is 0 Å². The number of halogens is 1. The molecule has 102 valence electrons. The highest BCUT2D eigenvalue weighted by Gasteiger charge is 2.21. The molecule has 0 saturated carbocycles. The van der Waals surface area contributed by atoms with Gasteiger partial charge in [0.15, 0.2) is 0 Å². The number of rotatable bonds is 7. The van der Waals surface area contributed by atoms with Crippen LogP contribution in [0.1, 0.15) is 38.1 Å². The van der Waals surface area contributed by atoms with Crippen LogP contribution in [-0.4, -0.2) is 22.1 Å². The fourth-order valence-electron chi connectivity index (χ4n) is 2.08. The molecular weight excluding hydrogens is 250 g/mol. The van der Waals surface area contributed by atoms with Gasteiger partial charge in [-0.25, -0.2) is 0 Å². The predicted octanol–water partition coefficient (Wildman–Crippen LogP) is 2.12. The third-order valence-corrected chi connectivity index (χ3v) is 3.66. The number of hydrogen-bond donors (Lipinski definition) is 1. The average Bonchev–Trinajstić information content (AvgIpc) is 2.63. The molecule has 2 N–H and O–H groups in total. The number of Topliss-reactive ketones (excluding diaryl/α,β-unsaturated/α-hetero) is 1. The Labute approximate surface area is 113 Å². The molecule has 1 heterocycles. The first-order chi connectivity index (χ1) is 8.54. The monoisotopic (exact) mass is 271 g/mol. The number of carbonyl (C=O) groups excluding carboxylic acids is 1. The standard InChI is InChI=1S/C13H22ClN3O/c1-4-6-9(8-15)12(18)7-11-13(14)10(5-2)16-17(11)3/h9H,4-8,15H2,1-3H3. The molecule has 4 nitrogen and oxygen atoms in total. The quantitative estimate of drug-likeness (QED) is 0.826. The highest BCUT2D eigenvalue weighted by atomic mass is 35.5. The first-order valence-electron chi connectivity index (χ1n) is 6.48. The molecule has 0 aromatic carbocycles. The summed E-state index contributed by atoms with van der Waals surface area (Å²) in [6.45, 7) is 4.46. The maximum Gasteiger partial charge on any atom is 0.143 e. The van der Waals surface area contributed by atoms with Gasteiger partial charge in [0.2, 0.25) is 0 Å². The van der Waals surface area contributed by atoms with Gasteiger partial charge in [0.25, 0.3) is 0 Å². The Kier molecular flexibility index (Phi) is 5.82. The van der Waals surface area contributed by atoms with E-state index in [-0.39, 0.29) is 11.7 Å². The zero-order chi connectivity index (χ0) is 13.7. The van der Waals surface area contributed by atoms with Gasteiger partial charge in [-0.2, -0.15) is 5.10 Å². The van der Waals surface area contributed by atoms with Crippen molar-refractivity contribution in [1.29, 1.82) is 0 Å². The topological polar surface area (TPSA) is 60.9 Å². The zero-order valence-electron chi connectivity index (χ0n) is 11.4. The summed E-state index contributed by atoms with van der Waals surface area (Å²) < 4.78 is 1.71. The highest BCUT2D eigenvalue weighted by Crippen LogP contribution is 2.22. The molecule has 5 heteroatoms. The van der Waals surface area contributed by atoms with Crippen LogP contribution in [0.3, 0.4) is 0 Å². The van der Waals surface area contributed by atoms with Gasteiger partial charge in [0.1, 0.15) is 5.78 Å². The van der Waals surface area contributed by atoms with Crippen LogP contribution in [0.4, 0.5) is 0 Å². The molecule has 0 radical (unpaired) electrons. The molecule has 1 rings (SSSR count). The second-order valence-electron chi connectivity index (χ2n) is 4.55. The molecule has 0 amide bonds. The molecule has 18 heavy (non-hydrogen) atoms. The third-order valence-electron chi connectivity index (χ3n) is 3.22. The van der Waals surface area contributed by atoms with Crippen molar-refractivity contribution in [1.82, 2.24) is 9.78 Å². The summed E-state index contributed by atoms with van der Waals surface area (Å²) in [5, 5.41) is 4.94. The number of nitrogens with two attached hydrogens (primary N) is 1. The predicted molar refractivity (Wildman–Crippen MR) is 73.8 cm³/mol. The summed E-state index contributed by atoms with van der Waals surface area (Å²) in [5.41, 5.74) is 7.29. The van der Waals surface area contributed by atoms with Crippen molar-refractivity contribution in [2.75, 3.05) is 6.54 Å². The van der Waals surface area contributed by atoms with E-state index in [9.17, 15) is 4.79 Å². The second kappa shape index (κ2) is 6.90. The van der Waals surface area contributed by atoms with Gasteiger partial charge in [0.05, 0.1) is 22.8 Å². The fourth-order valence-corrected chi connectivity index (χ4v) is 2.44. The number of nitrogens with zero attached hydrogens (tertiary/aromatic N) is 2. The van der Waals surface area contributed by atoms with E-state index in [1.54, 1.807) is 4.68 Å². The van der Waals surface area contributed by atoms with Crippen molar-refractivity contribution >= 4 is 17.4 Å². The van der Waals surface area contributed by atoms with Gasteiger partial charge in [0, 0.05) is 19.5 Å². The molecule has 1 atom stereocenters. The van der Waals surface area contributed by atoms with Crippen molar-refractivity contribution in [3.05, 3.63) is 16.4 Å². The molecule has 0 aliphatic heterocycles. The maximum absolute atomic E-state index is 12.2. The molecule has 0 fully saturated rings. The van der Waals surface area contributed by atoms with E-state index in [1.807, 2.05) is 14.0 Å². The lowest BCUT2D eigenvalue weighted by Crippen LogP contribution is -2.25. The van der Waals surface area contributed by atoms with E-state index in [0.717, 1.165) is 30.7 Å². The Hall–Kier alpha value is -0.870. The Morgan fingerprint density at radius 1 is 1.50 bits per heavy atom. The fraction of sp³-hybridized carbons (Fsp3) is 0.692. The smallest absolute Gasteiger partial charge is 0.143 e. The van der Waals surface area contributed by atoms with Crippen molar-refractivity contribution in [3.8, 4) is 0 Å². The Morgan fingerprint density at radius 3 is 2.61 bits per heavy atom. The molecule has 1 aromatic heterocycles. The van der Waals surface area contributed by atoms with E-state index in [4.69, 9.17) is 17.3 Å². The average molecular weight is 272 g/mol. The maximum atomic E-state index is 12.2. The lowest BCUT2D eigenvalue weighted by atomic mass is 9.95. The molecule has 1 aromatic rings. The summed E-state index contributed by atoms with van der Waals surface area (Å²) in [6, 6.07) is 0. The molecule has 0 aliphatic carbocycles. The van der Waals surface area contributed by atoms with Crippen LogP contribution in [0.25, 0.3) is 0 Å². The molecule has 0 spiro atoms.